The predicted molar refractivity (Wildman–Crippen MR) is 103 cm³/mol. The maximum atomic E-state index is 4.99. The summed E-state index contributed by atoms with van der Waals surface area (Å²) in [6, 6.07) is 7.43. The lowest BCUT2D eigenvalue weighted by molar-refractivity contribution is 0.320. The van der Waals surface area contributed by atoms with Crippen LogP contribution in [0.5, 0.6) is 0 Å². The molecule has 0 spiro atoms. The van der Waals surface area contributed by atoms with E-state index >= 15 is 0 Å². The number of likely N-dealkylation sites (tertiary alicyclic amines) is 1. The number of piperidine rings is 1. The Morgan fingerprint density at radius 1 is 1.29 bits per heavy atom. The summed E-state index contributed by atoms with van der Waals surface area (Å²) in [7, 11) is 0. The molecule has 4 heteroatoms. The predicted octanol–water partition coefficient (Wildman–Crippen LogP) is 4.56. The van der Waals surface area contributed by atoms with Gasteiger partial charge in [0.05, 0.1) is 15.2 Å². The van der Waals surface area contributed by atoms with Crippen molar-refractivity contribution in [1.29, 1.82) is 0 Å². The molecule has 2 saturated heterocycles. The molecule has 1 aromatic carbocycles. The van der Waals surface area contributed by atoms with Crippen LogP contribution in [0.1, 0.15) is 62.1 Å². The minimum Gasteiger partial charge on any atom is -0.310 e. The van der Waals surface area contributed by atoms with Crippen molar-refractivity contribution in [3.63, 3.8) is 0 Å². The molecule has 0 saturated carbocycles. The lowest BCUT2D eigenvalue weighted by Gasteiger charge is -2.28. The molecule has 1 N–H and O–H groups in total. The Hall–Kier alpha value is -0.970. The molecule has 0 aliphatic carbocycles. The molecule has 2 aromatic rings. The molecular weight excluding hydrogens is 314 g/mol. The van der Waals surface area contributed by atoms with Gasteiger partial charge in [-0.2, -0.15) is 0 Å². The minimum atomic E-state index is 0.512. The van der Waals surface area contributed by atoms with Gasteiger partial charge in [0.1, 0.15) is 0 Å². The number of aromatic nitrogens is 1. The average Bonchev–Trinajstić information content (AvgIpc) is 3.24. The van der Waals surface area contributed by atoms with E-state index in [0.717, 1.165) is 19.0 Å². The Morgan fingerprint density at radius 3 is 2.88 bits per heavy atom. The van der Waals surface area contributed by atoms with Gasteiger partial charge >= 0.3 is 0 Å². The van der Waals surface area contributed by atoms with Crippen molar-refractivity contribution in [3.05, 3.63) is 28.8 Å². The zero-order chi connectivity index (χ0) is 16.5. The summed E-state index contributed by atoms with van der Waals surface area (Å²) in [5.41, 5.74) is 2.61. The Balaban J connectivity index is 1.50. The zero-order valence-electron chi connectivity index (χ0n) is 14.9. The van der Waals surface area contributed by atoms with Crippen molar-refractivity contribution in [2.24, 2.45) is 5.92 Å². The van der Waals surface area contributed by atoms with E-state index in [0.29, 0.717) is 12.0 Å². The summed E-state index contributed by atoms with van der Waals surface area (Å²) in [5.74, 6) is 1.35. The summed E-state index contributed by atoms with van der Waals surface area (Å²) in [5, 5.41) is 5.00. The van der Waals surface area contributed by atoms with Crippen LogP contribution in [-0.2, 0) is 0 Å². The first-order valence-corrected chi connectivity index (χ1v) is 10.4. The van der Waals surface area contributed by atoms with Gasteiger partial charge in [-0.05, 0) is 68.9 Å². The highest BCUT2D eigenvalue weighted by Crippen LogP contribution is 2.32. The molecule has 0 radical (unpaired) electrons. The normalized spacial score (nSPS) is 26.9. The Labute approximate surface area is 149 Å². The topological polar surface area (TPSA) is 28.2 Å². The second kappa shape index (κ2) is 7.11. The SMILES string of the molecule is C[C@H]1CC[C@H](c2ccc3sc([C@@H](C)CN4CCCC4)nc3c2)NC1. The summed E-state index contributed by atoms with van der Waals surface area (Å²) in [6.45, 7) is 9.50. The molecule has 2 fully saturated rings. The molecule has 0 bridgehead atoms. The zero-order valence-corrected chi connectivity index (χ0v) is 15.7. The molecule has 3 atom stereocenters. The van der Waals surface area contributed by atoms with Gasteiger partial charge in [0.25, 0.3) is 0 Å². The third-order valence-corrected chi connectivity index (χ3v) is 6.91. The van der Waals surface area contributed by atoms with Crippen LogP contribution in [0.15, 0.2) is 18.2 Å². The van der Waals surface area contributed by atoms with Crippen LogP contribution < -0.4 is 5.32 Å². The Morgan fingerprint density at radius 2 is 2.12 bits per heavy atom. The largest absolute Gasteiger partial charge is 0.310 e. The Bertz CT molecular complexity index is 681. The van der Waals surface area contributed by atoms with Crippen LogP contribution in [0, 0.1) is 5.92 Å². The number of rotatable bonds is 4. The molecule has 3 nitrogen and oxygen atoms in total. The fourth-order valence-electron chi connectivity index (χ4n) is 4.10. The maximum Gasteiger partial charge on any atom is 0.0979 e. The van der Waals surface area contributed by atoms with E-state index in [1.165, 1.54) is 59.6 Å². The smallest absolute Gasteiger partial charge is 0.0979 e. The van der Waals surface area contributed by atoms with Crippen molar-refractivity contribution in [3.8, 4) is 0 Å². The van der Waals surface area contributed by atoms with Gasteiger partial charge in [0, 0.05) is 18.5 Å². The van der Waals surface area contributed by atoms with Gasteiger partial charge in [-0.1, -0.05) is 19.9 Å². The quantitative estimate of drug-likeness (QED) is 0.882. The van der Waals surface area contributed by atoms with Gasteiger partial charge in [-0.3, -0.25) is 0 Å². The van der Waals surface area contributed by atoms with Gasteiger partial charge in [0.15, 0.2) is 0 Å². The van der Waals surface area contributed by atoms with E-state index in [9.17, 15) is 0 Å². The molecule has 0 unspecified atom stereocenters. The molecule has 2 aliphatic heterocycles. The molecule has 4 rings (SSSR count). The third kappa shape index (κ3) is 3.51. The van der Waals surface area contributed by atoms with Crippen molar-refractivity contribution >= 4 is 21.6 Å². The lowest BCUT2D eigenvalue weighted by Crippen LogP contribution is -2.31. The first-order valence-electron chi connectivity index (χ1n) is 9.55. The van der Waals surface area contributed by atoms with E-state index in [1.54, 1.807) is 0 Å². The van der Waals surface area contributed by atoms with Gasteiger partial charge in [-0.15, -0.1) is 11.3 Å². The van der Waals surface area contributed by atoms with Gasteiger partial charge < -0.3 is 10.2 Å². The van der Waals surface area contributed by atoms with Crippen LogP contribution >= 0.6 is 11.3 Å². The van der Waals surface area contributed by atoms with E-state index in [2.05, 4.69) is 42.3 Å². The first-order chi connectivity index (χ1) is 11.7. The van der Waals surface area contributed by atoms with Crippen LogP contribution in [0.25, 0.3) is 10.2 Å². The molecule has 130 valence electrons. The number of thiazole rings is 1. The van der Waals surface area contributed by atoms with Gasteiger partial charge in [0.2, 0.25) is 0 Å². The van der Waals surface area contributed by atoms with Crippen molar-refractivity contribution in [1.82, 2.24) is 15.2 Å². The molecule has 0 amide bonds. The third-order valence-electron chi connectivity index (χ3n) is 5.64. The van der Waals surface area contributed by atoms with E-state index in [1.807, 2.05) is 11.3 Å². The highest BCUT2D eigenvalue weighted by Gasteiger charge is 2.21. The second-order valence-electron chi connectivity index (χ2n) is 7.83. The number of nitrogens with one attached hydrogen (secondary N) is 1. The summed E-state index contributed by atoms with van der Waals surface area (Å²) < 4.78 is 1.34. The van der Waals surface area contributed by atoms with E-state index < -0.39 is 0 Å². The Kier molecular flexibility index (Phi) is 4.88. The maximum absolute atomic E-state index is 4.99. The highest BCUT2D eigenvalue weighted by atomic mass is 32.1. The van der Waals surface area contributed by atoms with Gasteiger partial charge in [-0.25, -0.2) is 4.98 Å². The number of hydrogen-bond donors (Lipinski definition) is 1. The fourth-order valence-corrected chi connectivity index (χ4v) is 5.09. The van der Waals surface area contributed by atoms with Crippen molar-refractivity contribution < 1.29 is 0 Å². The van der Waals surface area contributed by atoms with Crippen LogP contribution in [0.4, 0.5) is 0 Å². The number of benzene rings is 1. The second-order valence-corrected chi connectivity index (χ2v) is 8.89. The van der Waals surface area contributed by atoms with Crippen LogP contribution in [-0.4, -0.2) is 36.1 Å². The fraction of sp³-hybridized carbons (Fsp3) is 0.650. The molecule has 1 aromatic heterocycles. The molecule has 3 heterocycles. The number of fused-ring (bicyclic) bond motifs is 1. The summed E-state index contributed by atoms with van der Waals surface area (Å²) in [6.07, 6.45) is 5.30. The van der Waals surface area contributed by atoms with Crippen LogP contribution in [0.2, 0.25) is 0 Å². The standard InChI is InChI=1S/C20H29N3S/c1-14-5-7-17(21-12-14)16-6-8-19-18(11-16)22-20(24-19)15(2)13-23-9-3-4-10-23/h6,8,11,14-15,17,21H,3-5,7,9-10,12-13H2,1-2H3/t14-,15-,17+/m0/s1. The lowest BCUT2D eigenvalue weighted by atomic mass is 9.92. The average molecular weight is 344 g/mol. The van der Waals surface area contributed by atoms with E-state index in [-0.39, 0.29) is 0 Å². The van der Waals surface area contributed by atoms with Crippen molar-refractivity contribution in [2.45, 2.75) is 51.5 Å². The first kappa shape index (κ1) is 16.5. The van der Waals surface area contributed by atoms with Crippen molar-refractivity contribution in [2.75, 3.05) is 26.2 Å². The molecular formula is C20H29N3S. The molecule has 24 heavy (non-hydrogen) atoms. The van der Waals surface area contributed by atoms with Crippen LogP contribution in [0.3, 0.4) is 0 Å². The van der Waals surface area contributed by atoms with E-state index in [4.69, 9.17) is 4.98 Å². The molecule has 2 aliphatic rings. The number of hydrogen-bond acceptors (Lipinski definition) is 4. The minimum absolute atomic E-state index is 0.512. The summed E-state index contributed by atoms with van der Waals surface area (Å²) in [4.78, 5) is 7.58. The highest BCUT2D eigenvalue weighted by molar-refractivity contribution is 7.18. The monoisotopic (exact) mass is 343 g/mol. The number of nitrogens with zero attached hydrogens (tertiary/aromatic N) is 2. The summed E-state index contributed by atoms with van der Waals surface area (Å²) >= 11 is 1.89.